The van der Waals surface area contributed by atoms with Gasteiger partial charge in [0.15, 0.2) is 5.75 Å². The monoisotopic (exact) mass is 564 g/mol. The van der Waals surface area contributed by atoms with Crippen LogP contribution in [0.1, 0.15) is 44.9 Å². The number of benzene rings is 3. The standard InChI is InChI=1S/C26H18ClF5N4O3/c1-36-11-17(10-33-36)39-16-8-19-22(23(35-25(19)38)18-7-14(28)2-3-20(18)27)21(9-16)34-24(37)12-4-13(26(30,31)32)6-15(29)5-12/h2-11,23,25,35,38H,1H3,(H,34,37). The molecule has 1 aliphatic rings. The lowest BCUT2D eigenvalue weighted by Gasteiger charge is -2.19. The van der Waals surface area contributed by atoms with E-state index in [2.05, 4.69) is 15.7 Å². The first-order chi connectivity index (χ1) is 18.4. The van der Waals surface area contributed by atoms with Crippen LogP contribution < -0.4 is 15.4 Å². The number of aromatic nitrogens is 2. The molecule has 7 nitrogen and oxygen atoms in total. The molecule has 2 heterocycles. The highest BCUT2D eigenvalue weighted by Crippen LogP contribution is 2.45. The van der Waals surface area contributed by atoms with E-state index in [1.807, 2.05) is 0 Å². The van der Waals surface area contributed by atoms with Gasteiger partial charge in [-0.1, -0.05) is 11.6 Å². The predicted octanol–water partition coefficient (Wildman–Crippen LogP) is 6.10. The number of alkyl halides is 3. The van der Waals surface area contributed by atoms with Crippen molar-refractivity contribution in [3.63, 3.8) is 0 Å². The summed E-state index contributed by atoms with van der Waals surface area (Å²) >= 11 is 6.31. The second kappa shape index (κ2) is 9.95. The number of nitrogens with zero attached hydrogens (tertiary/aromatic N) is 2. The molecule has 1 amide bonds. The largest absolute Gasteiger partial charge is 0.454 e. The molecule has 0 spiro atoms. The summed E-state index contributed by atoms with van der Waals surface area (Å²) in [4.78, 5) is 13.1. The Balaban J connectivity index is 1.61. The van der Waals surface area contributed by atoms with E-state index in [-0.39, 0.29) is 39.2 Å². The number of ether oxygens (including phenoxy) is 1. The number of anilines is 1. The first kappa shape index (κ1) is 26.6. The molecule has 13 heteroatoms. The summed E-state index contributed by atoms with van der Waals surface area (Å²) in [5.41, 5.74) is -1.21. The van der Waals surface area contributed by atoms with E-state index < -0.39 is 47.1 Å². The van der Waals surface area contributed by atoms with Gasteiger partial charge in [0.1, 0.15) is 23.6 Å². The smallest absolute Gasteiger partial charge is 0.416 e. The Labute approximate surface area is 222 Å². The fraction of sp³-hybridized carbons (Fsp3) is 0.154. The zero-order chi connectivity index (χ0) is 28.1. The van der Waals surface area contributed by atoms with E-state index in [4.69, 9.17) is 16.3 Å². The van der Waals surface area contributed by atoms with E-state index in [0.717, 1.165) is 12.1 Å². The van der Waals surface area contributed by atoms with E-state index in [0.29, 0.717) is 17.9 Å². The Morgan fingerprint density at radius 1 is 1.08 bits per heavy atom. The molecule has 1 aromatic heterocycles. The number of aliphatic hydroxyl groups excluding tert-OH is 1. The van der Waals surface area contributed by atoms with Crippen molar-refractivity contribution >= 4 is 23.2 Å². The highest BCUT2D eigenvalue weighted by molar-refractivity contribution is 6.31. The summed E-state index contributed by atoms with van der Waals surface area (Å²) in [7, 11) is 1.66. The fourth-order valence-electron chi connectivity index (χ4n) is 4.34. The van der Waals surface area contributed by atoms with Crippen LogP contribution in [0.2, 0.25) is 5.02 Å². The van der Waals surface area contributed by atoms with Crippen molar-refractivity contribution < 1.29 is 36.6 Å². The molecule has 3 aromatic carbocycles. The molecule has 0 bridgehead atoms. The first-order valence-corrected chi connectivity index (χ1v) is 11.7. The number of hydrogen-bond acceptors (Lipinski definition) is 5. The summed E-state index contributed by atoms with van der Waals surface area (Å²) in [6.07, 6.45) is -3.23. The second-order valence-electron chi connectivity index (χ2n) is 8.77. The number of rotatable bonds is 5. The Bertz CT molecular complexity index is 1590. The van der Waals surface area contributed by atoms with Gasteiger partial charge in [0.05, 0.1) is 29.7 Å². The molecule has 0 aliphatic carbocycles. The van der Waals surface area contributed by atoms with Crippen LogP contribution in [-0.2, 0) is 13.2 Å². The third-order valence-electron chi connectivity index (χ3n) is 6.01. The van der Waals surface area contributed by atoms with Gasteiger partial charge in [0.25, 0.3) is 5.91 Å². The third-order valence-corrected chi connectivity index (χ3v) is 6.36. The minimum atomic E-state index is -4.89. The van der Waals surface area contributed by atoms with E-state index in [1.54, 1.807) is 13.2 Å². The first-order valence-electron chi connectivity index (χ1n) is 11.3. The summed E-state index contributed by atoms with van der Waals surface area (Å²) in [5.74, 6) is -2.47. The van der Waals surface area contributed by atoms with Gasteiger partial charge >= 0.3 is 6.18 Å². The van der Waals surface area contributed by atoms with Gasteiger partial charge in [0.2, 0.25) is 0 Å². The maximum absolute atomic E-state index is 14.1. The summed E-state index contributed by atoms with van der Waals surface area (Å²) < 4.78 is 75.1. The van der Waals surface area contributed by atoms with Gasteiger partial charge in [-0.05, 0) is 48.0 Å². The van der Waals surface area contributed by atoms with Crippen molar-refractivity contribution in [2.75, 3.05) is 5.32 Å². The lowest BCUT2D eigenvalue weighted by atomic mass is 9.95. The molecule has 0 fully saturated rings. The number of amides is 1. The minimum absolute atomic E-state index is 0.00332. The lowest BCUT2D eigenvalue weighted by Crippen LogP contribution is -2.20. The quantitative estimate of drug-likeness (QED) is 0.255. The maximum Gasteiger partial charge on any atom is 0.416 e. The number of carbonyl (C=O) groups is 1. The topological polar surface area (TPSA) is 88.4 Å². The molecule has 0 radical (unpaired) electrons. The molecular formula is C26H18ClF5N4O3. The van der Waals surface area contributed by atoms with Gasteiger partial charge in [-0.25, -0.2) is 8.78 Å². The van der Waals surface area contributed by atoms with Crippen molar-refractivity contribution in [2.24, 2.45) is 7.05 Å². The molecule has 2 unspecified atom stereocenters. The predicted molar refractivity (Wildman–Crippen MR) is 130 cm³/mol. The van der Waals surface area contributed by atoms with Crippen molar-refractivity contribution in [3.8, 4) is 11.5 Å². The van der Waals surface area contributed by atoms with Crippen molar-refractivity contribution in [2.45, 2.75) is 18.4 Å². The van der Waals surface area contributed by atoms with E-state index in [9.17, 15) is 31.9 Å². The SMILES string of the molecule is Cn1cc(Oc2cc(NC(=O)c3cc(F)cc(C(F)(F)F)c3)c3c(c2)C(O)NC3c2cc(F)ccc2Cl)cn1. The minimum Gasteiger partial charge on any atom is -0.454 e. The Morgan fingerprint density at radius 3 is 2.54 bits per heavy atom. The molecule has 1 aliphatic heterocycles. The average molecular weight is 565 g/mol. The van der Waals surface area contributed by atoms with Crippen LogP contribution in [-0.4, -0.2) is 20.8 Å². The number of aryl methyl sites for hydroxylation is 1. The molecule has 0 saturated heterocycles. The highest BCUT2D eigenvalue weighted by atomic mass is 35.5. The molecule has 202 valence electrons. The normalized spacial score (nSPS) is 16.7. The average Bonchev–Trinajstić information content (AvgIpc) is 3.42. The van der Waals surface area contributed by atoms with Crippen molar-refractivity contribution in [1.82, 2.24) is 15.1 Å². The van der Waals surface area contributed by atoms with Gasteiger partial charge in [0, 0.05) is 34.8 Å². The van der Waals surface area contributed by atoms with Gasteiger partial charge in [-0.2, -0.15) is 18.3 Å². The Hall–Kier alpha value is -4.00. The summed E-state index contributed by atoms with van der Waals surface area (Å²) in [6.45, 7) is 0. The zero-order valence-electron chi connectivity index (χ0n) is 19.9. The van der Waals surface area contributed by atoms with Crippen LogP contribution in [0.4, 0.5) is 27.6 Å². The molecule has 2 atom stereocenters. The van der Waals surface area contributed by atoms with E-state index >= 15 is 0 Å². The second-order valence-corrected chi connectivity index (χ2v) is 9.18. The Morgan fingerprint density at radius 2 is 1.85 bits per heavy atom. The maximum atomic E-state index is 14.1. The fourth-order valence-corrected chi connectivity index (χ4v) is 4.56. The van der Waals surface area contributed by atoms with Crippen LogP contribution >= 0.6 is 11.6 Å². The van der Waals surface area contributed by atoms with Crippen LogP contribution in [0.25, 0.3) is 0 Å². The van der Waals surface area contributed by atoms with Crippen LogP contribution in [0.3, 0.4) is 0 Å². The number of halogens is 6. The Kier molecular flexibility index (Phi) is 6.79. The van der Waals surface area contributed by atoms with Crippen molar-refractivity contribution in [1.29, 1.82) is 0 Å². The zero-order valence-corrected chi connectivity index (χ0v) is 20.6. The molecule has 5 rings (SSSR count). The number of aliphatic hydroxyl groups is 1. The van der Waals surface area contributed by atoms with Crippen LogP contribution in [0.5, 0.6) is 11.5 Å². The number of carbonyl (C=O) groups excluding carboxylic acids is 1. The molecular weight excluding hydrogens is 547 g/mol. The van der Waals surface area contributed by atoms with Crippen LogP contribution in [0.15, 0.2) is 60.9 Å². The van der Waals surface area contributed by atoms with E-state index in [1.165, 1.54) is 29.1 Å². The molecule has 39 heavy (non-hydrogen) atoms. The van der Waals surface area contributed by atoms with Crippen LogP contribution in [0, 0.1) is 11.6 Å². The highest BCUT2D eigenvalue weighted by Gasteiger charge is 2.36. The third kappa shape index (κ3) is 5.44. The molecule has 4 aromatic rings. The van der Waals surface area contributed by atoms with Gasteiger partial charge in [-0.3, -0.25) is 14.8 Å². The summed E-state index contributed by atoms with van der Waals surface area (Å²) in [5, 5.41) is 20.3. The summed E-state index contributed by atoms with van der Waals surface area (Å²) in [6, 6.07) is 6.99. The number of fused-ring (bicyclic) bond motifs is 1. The van der Waals surface area contributed by atoms with Crippen molar-refractivity contribution in [3.05, 3.63) is 105 Å². The molecule has 0 saturated carbocycles. The number of hydrogen-bond donors (Lipinski definition) is 3. The lowest BCUT2D eigenvalue weighted by molar-refractivity contribution is -0.137. The molecule has 3 N–H and O–H groups in total. The van der Waals surface area contributed by atoms with Gasteiger partial charge < -0.3 is 15.2 Å². The van der Waals surface area contributed by atoms with Gasteiger partial charge in [-0.15, -0.1) is 0 Å². The number of nitrogens with one attached hydrogen (secondary N) is 2.